The Morgan fingerprint density at radius 1 is 1.12 bits per heavy atom. The molecule has 3 aromatic rings. The van der Waals surface area contributed by atoms with E-state index in [0.717, 1.165) is 12.3 Å². The summed E-state index contributed by atoms with van der Waals surface area (Å²) in [4.78, 5) is -0.739. The lowest BCUT2D eigenvalue weighted by molar-refractivity contribution is 0.230. The van der Waals surface area contributed by atoms with Gasteiger partial charge in [0.05, 0.1) is 5.56 Å². The van der Waals surface area contributed by atoms with Crippen LogP contribution in [-0.2, 0) is 16.4 Å². The molecular formula is C17H13F2NO4S. The first kappa shape index (κ1) is 17.2. The molecular weight excluding hydrogens is 352 g/mol. The molecule has 130 valence electrons. The molecule has 0 aliphatic carbocycles. The van der Waals surface area contributed by atoms with Crippen LogP contribution in [0.4, 0.5) is 8.78 Å². The van der Waals surface area contributed by atoms with E-state index in [0.29, 0.717) is 11.6 Å². The van der Waals surface area contributed by atoms with Crippen LogP contribution in [0.15, 0.2) is 51.9 Å². The first-order valence-corrected chi connectivity index (χ1v) is 9.06. The fourth-order valence-electron chi connectivity index (χ4n) is 2.51. The smallest absolute Gasteiger partial charge is 0.178 e. The van der Waals surface area contributed by atoms with Gasteiger partial charge in [0.1, 0.15) is 28.8 Å². The molecule has 2 aromatic carbocycles. The Labute approximate surface area is 142 Å². The molecule has 0 saturated heterocycles. The predicted octanol–water partition coefficient (Wildman–Crippen LogP) is 3.18. The van der Waals surface area contributed by atoms with Crippen LogP contribution in [0.1, 0.15) is 5.76 Å². The van der Waals surface area contributed by atoms with Crippen LogP contribution < -0.4 is 0 Å². The fourth-order valence-corrected chi connectivity index (χ4v) is 3.24. The van der Waals surface area contributed by atoms with Crippen molar-refractivity contribution in [1.29, 1.82) is 0 Å². The van der Waals surface area contributed by atoms with E-state index in [1.807, 2.05) is 0 Å². The van der Waals surface area contributed by atoms with E-state index < -0.39 is 33.0 Å². The quantitative estimate of drug-likeness (QED) is 0.768. The van der Waals surface area contributed by atoms with Crippen molar-refractivity contribution < 1.29 is 26.8 Å². The normalized spacial score (nSPS) is 11.7. The number of aliphatic hydroxyl groups is 1. The maximum Gasteiger partial charge on any atom is 0.178 e. The van der Waals surface area contributed by atoms with Crippen LogP contribution in [-0.4, -0.2) is 24.9 Å². The van der Waals surface area contributed by atoms with E-state index in [1.165, 1.54) is 0 Å². The van der Waals surface area contributed by atoms with Crippen molar-refractivity contribution in [3.8, 4) is 22.4 Å². The number of aromatic nitrogens is 1. The van der Waals surface area contributed by atoms with Crippen molar-refractivity contribution in [3.05, 3.63) is 59.9 Å². The summed E-state index contributed by atoms with van der Waals surface area (Å²) in [5.74, 6) is -2.11. The van der Waals surface area contributed by atoms with Gasteiger partial charge in [0.25, 0.3) is 0 Å². The number of sulfone groups is 1. The molecule has 0 radical (unpaired) electrons. The van der Waals surface area contributed by atoms with Crippen LogP contribution in [0.2, 0.25) is 0 Å². The van der Waals surface area contributed by atoms with Gasteiger partial charge in [0, 0.05) is 17.4 Å². The highest BCUT2D eigenvalue weighted by atomic mass is 32.2. The molecule has 0 fully saturated rings. The van der Waals surface area contributed by atoms with Gasteiger partial charge in [-0.05, 0) is 12.1 Å². The van der Waals surface area contributed by atoms with Gasteiger partial charge >= 0.3 is 0 Å². The van der Waals surface area contributed by atoms with Crippen molar-refractivity contribution in [2.24, 2.45) is 0 Å². The first-order valence-electron chi connectivity index (χ1n) is 7.17. The largest absolute Gasteiger partial charge is 0.388 e. The molecule has 3 rings (SSSR count). The second-order valence-electron chi connectivity index (χ2n) is 5.39. The molecule has 1 heterocycles. The molecule has 5 nitrogen and oxygen atoms in total. The average Bonchev–Trinajstić information content (AvgIpc) is 3.00. The standard InChI is InChI=1S/C17H13F2NO4S/c1-25(22,23)15-8-12(18)11(7-13(15)19)16-14(9-21)24-20-17(16)10-5-3-2-4-6-10/h2-8,21H,9H2,1H3. The van der Waals surface area contributed by atoms with Gasteiger partial charge in [-0.15, -0.1) is 0 Å². The number of hydrogen-bond donors (Lipinski definition) is 1. The molecule has 1 aromatic heterocycles. The summed E-state index contributed by atoms with van der Waals surface area (Å²) in [6.45, 7) is -0.579. The van der Waals surface area contributed by atoms with E-state index in [2.05, 4.69) is 5.16 Å². The van der Waals surface area contributed by atoms with Crippen LogP contribution >= 0.6 is 0 Å². The number of nitrogens with zero attached hydrogens (tertiary/aromatic N) is 1. The van der Waals surface area contributed by atoms with Gasteiger partial charge in [0.2, 0.25) is 0 Å². The molecule has 0 saturated carbocycles. The molecule has 0 aliphatic heterocycles. The van der Waals surface area contributed by atoms with Crippen molar-refractivity contribution in [3.63, 3.8) is 0 Å². The summed E-state index contributed by atoms with van der Waals surface area (Å²) >= 11 is 0. The lowest BCUT2D eigenvalue weighted by atomic mass is 9.98. The lowest BCUT2D eigenvalue weighted by Gasteiger charge is -2.08. The van der Waals surface area contributed by atoms with Crippen molar-refractivity contribution >= 4 is 9.84 Å². The highest BCUT2D eigenvalue weighted by molar-refractivity contribution is 7.90. The summed E-state index contributed by atoms with van der Waals surface area (Å²) in [7, 11) is -3.92. The van der Waals surface area contributed by atoms with Crippen LogP contribution in [0.3, 0.4) is 0 Å². The van der Waals surface area contributed by atoms with Gasteiger partial charge in [0.15, 0.2) is 15.6 Å². The van der Waals surface area contributed by atoms with E-state index in [-0.39, 0.29) is 22.6 Å². The minimum atomic E-state index is -3.92. The number of halogens is 2. The molecule has 0 bridgehead atoms. The van der Waals surface area contributed by atoms with Gasteiger partial charge in [-0.25, -0.2) is 17.2 Å². The van der Waals surface area contributed by atoms with Crippen molar-refractivity contribution in [1.82, 2.24) is 5.16 Å². The Morgan fingerprint density at radius 3 is 2.40 bits per heavy atom. The molecule has 1 N–H and O–H groups in total. The highest BCUT2D eigenvalue weighted by Crippen LogP contribution is 2.37. The van der Waals surface area contributed by atoms with E-state index in [1.54, 1.807) is 30.3 Å². The lowest BCUT2D eigenvalue weighted by Crippen LogP contribution is -2.03. The second-order valence-corrected chi connectivity index (χ2v) is 7.37. The Hall–Kier alpha value is -2.58. The number of aliphatic hydroxyl groups excluding tert-OH is 1. The zero-order valence-corrected chi connectivity index (χ0v) is 13.8. The maximum atomic E-state index is 14.6. The van der Waals surface area contributed by atoms with Gasteiger partial charge in [-0.3, -0.25) is 0 Å². The van der Waals surface area contributed by atoms with Gasteiger partial charge in [-0.2, -0.15) is 0 Å². The summed E-state index contributed by atoms with van der Waals surface area (Å²) in [5.41, 5.74) is 0.627. The maximum absolute atomic E-state index is 14.6. The summed E-state index contributed by atoms with van der Waals surface area (Å²) < 4.78 is 56.9. The molecule has 0 unspecified atom stereocenters. The third kappa shape index (κ3) is 3.18. The molecule has 0 amide bonds. The molecule has 0 spiro atoms. The van der Waals surface area contributed by atoms with Gasteiger partial charge in [-0.1, -0.05) is 35.5 Å². The summed E-state index contributed by atoms with van der Waals surface area (Å²) in [5, 5.41) is 13.3. The zero-order valence-electron chi connectivity index (χ0n) is 13.0. The summed E-state index contributed by atoms with van der Waals surface area (Å²) in [6, 6.07) is 10.0. The Morgan fingerprint density at radius 2 is 1.80 bits per heavy atom. The zero-order chi connectivity index (χ0) is 18.2. The van der Waals surface area contributed by atoms with Crippen LogP contribution in [0.5, 0.6) is 0 Å². The van der Waals surface area contributed by atoms with Crippen molar-refractivity contribution in [2.45, 2.75) is 11.5 Å². The molecule has 0 atom stereocenters. The third-order valence-corrected chi connectivity index (χ3v) is 4.76. The van der Waals surface area contributed by atoms with E-state index in [4.69, 9.17) is 4.52 Å². The first-order chi connectivity index (χ1) is 11.8. The van der Waals surface area contributed by atoms with Crippen LogP contribution in [0, 0.1) is 11.6 Å². The Kier molecular flexibility index (Phi) is 4.40. The van der Waals surface area contributed by atoms with E-state index in [9.17, 15) is 22.3 Å². The van der Waals surface area contributed by atoms with E-state index >= 15 is 0 Å². The van der Waals surface area contributed by atoms with Crippen LogP contribution in [0.25, 0.3) is 22.4 Å². The monoisotopic (exact) mass is 365 g/mol. The second kappa shape index (κ2) is 6.38. The molecule has 8 heteroatoms. The SMILES string of the molecule is CS(=O)(=O)c1cc(F)c(-c2c(-c3ccccc3)noc2CO)cc1F. The third-order valence-electron chi connectivity index (χ3n) is 3.64. The fraction of sp³-hybridized carbons (Fsp3) is 0.118. The molecule has 0 aliphatic rings. The number of hydrogen-bond acceptors (Lipinski definition) is 5. The Bertz CT molecular complexity index is 1030. The van der Waals surface area contributed by atoms with Crippen molar-refractivity contribution in [2.75, 3.05) is 6.26 Å². The van der Waals surface area contributed by atoms with Gasteiger partial charge < -0.3 is 9.63 Å². The Balaban J connectivity index is 2.27. The minimum absolute atomic E-state index is 0.0516. The highest BCUT2D eigenvalue weighted by Gasteiger charge is 2.25. The number of rotatable bonds is 4. The minimum Gasteiger partial charge on any atom is -0.388 e. The predicted molar refractivity (Wildman–Crippen MR) is 86.3 cm³/mol. The summed E-state index contributed by atoms with van der Waals surface area (Å²) in [6.07, 6.45) is 0.790. The molecule has 25 heavy (non-hydrogen) atoms. The number of benzene rings is 2. The average molecular weight is 365 g/mol. The topological polar surface area (TPSA) is 80.4 Å².